The molecule has 0 saturated heterocycles. The number of hydrogen-bond donors (Lipinski definition) is 0. The van der Waals surface area contributed by atoms with Crippen LogP contribution in [0.15, 0.2) is 510 Å². The van der Waals surface area contributed by atoms with Crippen LogP contribution in [0.2, 0.25) is 0 Å². The highest BCUT2D eigenvalue weighted by Crippen LogP contribution is 2.49. The minimum absolute atomic E-state index is 0.698. The molecule has 4 aromatic heterocycles. The van der Waals surface area contributed by atoms with Crippen molar-refractivity contribution in [1.29, 1.82) is 0 Å². The van der Waals surface area contributed by atoms with Gasteiger partial charge in [0.25, 0.3) is 0 Å². The fourth-order valence-corrected chi connectivity index (χ4v) is 21.9. The van der Waals surface area contributed by atoms with Gasteiger partial charge in [0.2, 0.25) is 0 Å². The zero-order valence-corrected chi connectivity index (χ0v) is 76.2. The number of benzene rings is 24. The molecule has 0 saturated carbocycles. The second-order valence-electron chi connectivity index (χ2n) is 36.6. The van der Waals surface area contributed by atoms with E-state index in [9.17, 15) is 0 Å². The van der Waals surface area contributed by atoms with Crippen LogP contribution in [0.1, 0.15) is 0 Å². The molecule has 0 unspecified atom stereocenters. The average Bonchev–Trinajstić information content (AvgIpc) is 1.55. The first-order chi connectivity index (χ1) is 69.4. The lowest BCUT2D eigenvalue weighted by atomic mass is 9.93. The summed E-state index contributed by atoms with van der Waals surface area (Å²) in [5, 5.41) is 24.0. The zero-order valence-electron chi connectivity index (χ0n) is 76.2. The highest BCUT2D eigenvalue weighted by Gasteiger charge is 2.26. The van der Waals surface area contributed by atoms with Crippen molar-refractivity contribution in [2.75, 3.05) is 0 Å². The highest BCUT2D eigenvalue weighted by atomic mass is 15.0. The van der Waals surface area contributed by atoms with Gasteiger partial charge < -0.3 is 9.13 Å². The maximum atomic E-state index is 5.45. The van der Waals surface area contributed by atoms with Gasteiger partial charge in [-0.2, -0.15) is 0 Å². The molecule has 6 nitrogen and oxygen atoms in total. The van der Waals surface area contributed by atoms with Crippen LogP contribution in [0.5, 0.6) is 0 Å². The molecular weight excluding hydrogens is 1690 g/mol. The van der Waals surface area contributed by atoms with Gasteiger partial charge in [0, 0.05) is 65.9 Å². The summed E-state index contributed by atoms with van der Waals surface area (Å²) < 4.78 is 4.95. The average molecular weight is 1780 g/mol. The smallest absolute Gasteiger partial charge is 0.161 e. The molecule has 0 aliphatic heterocycles. The summed E-state index contributed by atoms with van der Waals surface area (Å²) in [5.41, 5.74) is 31.3. The highest BCUT2D eigenvalue weighted by molar-refractivity contribution is 6.32. The molecule has 0 radical (unpaired) electrons. The normalized spacial score (nSPS) is 11.7. The van der Waals surface area contributed by atoms with Crippen molar-refractivity contribution in [3.8, 4) is 135 Å². The van der Waals surface area contributed by atoms with E-state index in [2.05, 4.69) is 519 Å². The predicted molar refractivity (Wildman–Crippen MR) is 590 cm³/mol. The number of aromatic nitrogens is 6. The summed E-state index contributed by atoms with van der Waals surface area (Å²) in [6.45, 7) is 0. The van der Waals surface area contributed by atoms with Crippen molar-refractivity contribution < 1.29 is 0 Å². The second kappa shape index (κ2) is 33.8. The first-order valence-electron chi connectivity index (χ1n) is 47.9. The molecule has 0 aliphatic carbocycles. The molecule has 650 valence electrons. The fourth-order valence-electron chi connectivity index (χ4n) is 21.9. The number of para-hydroxylation sites is 2. The van der Waals surface area contributed by atoms with Gasteiger partial charge in [-0.1, -0.05) is 419 Å². The quantitative estimate of drug-likeness (QED) is 0.115. The van der Waals surface area contributed by atoms with Crippen molar-refractivity contribution in [2.24, 2.45) is 0 Å². The van der Waals surface area contributed by atoms with Gasteiger partial charge in [-0.05, 0) is 244 Å². The van der Waals surface area contributed by atoms with Crippen LogP contribution < -0.4 is 0 Å². The number of nitrogens with zero attached hydrogens (tertiary/aromatic N) is 6. The van der Waals surface area contributed by atoms with Gasteiger partial charge in [-0.15, -0.1) is 0 Å². The Morgan fingerprint density at radius 2 is 0.450 bits per heavy atom. The summed E-state index contributed by atoms with van der Waals surface area (Å²) in [6, 6.07) is 184. The van der Waals surface area contributed by atoms with Gasteiger partial charge in [-0.3, -0.25) is 0 Å². The monoisotopic (exact) mass is 1780 g/mol. The lowest BCUT2D eigenvalue weighted by Crippen LogP contribution is -1.97. The molecule has 0 amide bonds. The first-order valence-corrected chi connectivity index (χ1v) is 47.9. The Hall–Kier alpha value is -18.6. The van der Waals surface area contributed by atoms with Crippen molar-refractivity contribution >= 4 is 141 Å². The Morgan fingerprint density at radius 3 is 0.914 bits per heavy atom. The minimum atomic E-state index is 0.698. The summed E-state index contributed by atoms with van der Waals surface area (Å²) in [5.74, 6) is 1.41. The first kappa shape index (κ1) is 81.0. The molecule has 0 aliphatic rings. The molecule has 0 atom stereocenters. The van der Waals surface area contributed by atoms with E-state index in [-0.39, 0.29) is 0 Å². The Morgan fingerprint density at radius 1 is 0.136 bits per heavy atom. The van der Waals surface area contributed by atoms with Crippen molar-refractivity contribution in [3.05, 3.63) is 510 Å². The van der Waals surface area contributed by atoms with Crippen molar-refractivity contribution in [2.45, 2.75) is 0 Å². The van der Waals surface area contributed by atoms with E-state index in [4.69, 9.17) is 19.9 Å². The number of hydrogen-bond acceptors (Lipinski definition) is 4. The van der Waals surface area contributed by atoms with Gasteiger partial charge in [0.05, 0.1) is 44.5 Å². The molecule has 0 N–H and O–H groups in total. The van der Waals surface area contributed by atoms with Crippen LogP contribution >= 0.6 is 0 Å². The van der Waals surface area contributed by atoms with Crippen LogP contribution in [0.25, 0.3) is 275 Å². The third kappa shape index (κ3) is 14.0. The number of rotatable bonds is 13. The van der Waals surface area contributed by atoms with Gasteiger partial charge in [-0.25, -0.2) is 19.9 Å². The minimum Gasteiger partial charge on any atom is -0.309 e. The van der Waals surface area contributed by atoms with Crippen LogP contribution in [-0.4, -0.2) is 29.1 Å². The maximum Gasteiger partial charge on any atom is 0.161 e. The molecule has 4 heterocycles. The van der Waals surface area contributed by atoms with Crippen LogP contribution in [0.3, 0.4) is 0 Å². The van der Waals surface area contributed by atoms with Crippen LogP contribution in [-0.2, 0) is 0 Å². The Labute approximate surface area is 808 Å². The van der Waals surface area contributed by atoms with E-state index in [1.54, 1.807) is 0 Å². The van der Waals surface area contributed by atoms with Gasteiger partial charge in [0.15, 0.2) is 11.6 Å². The molecule has 6 heteroatoms. The third-order valence-electron chi connectivity index (χ3n) is 28.5. The molecule has 28 aromatic rings. The largest absolute Gasteiger partial charge is 0.309 e. The van der Waals surface area contributed by atoms with E-state index in [1.807, 2.05) is 0 Å². The maximum absolute atomic E-state index is 5.45. The fraction of sp³-hybridized carbons (Fsp3) is 0. The van der Waals surface area contributed by atoms with E-state index < -0.39 is 0 Å². The van der Waals surface area contributed by atoms with Gasteiger partial charge >= 0.3 is 0 Å². The second-order valence-corrected chi connectivity index (χ2v) is 36.6. The summed E-state index contributed by atoms with van der Waals surface area (Å²) in [4.78, 5) is 21.3. The van der Waals surface area contributed by atoms with Crippen LogP contribution in [0.4, 0.5) is 0 Å². The molecule has 140 heavy (non-hydrogen) atoms. The topological polar surface area (TPSA) is 61.4 Å². The van der Waals surface area contributed by atoms with E-state index in [0.717, 1.165) is 105 Å². The molecule has 24 aromatic carbocycles. The Bertz CT molecular complexity index is 9800. The molecule has 0 spiro atoms. The molecule has 0 fully saturated rings. The molecule has 0 bridgehead atoms. The standard InChI is InChI=1S/C72H45N3.C62H39N3/c1-3-16-46(17-4-1)55-41-56(47-18-5-2-6-19-47)43-57(42-55)49-30-33-51(34-31-49)71-64-27-13-14-29-66(64)73-72(74-71)63-28-15-23-53-44-58(37-38-59(53)63)75-67-39-36-50-21-9-10-24-60(50)69(67)70-62-26-12-11-25-61(62)65(45-68(70)75)54-35-32-48-20-7-8-22-52(48)40-54;1-3-15-40(16-4-1)45-20-13-21-46(37-45)41-29-31-44(32-30-41)61-54-26-11-12-28-56(54)63-62(64-61)53-27-14-22-47-38-48(34-35-49(47)53)65-57-36-33-43-19-7-8-23-50(43)59(57)60-52-25-10-9-24-51(52)55(39-58(60)65)42-17-5-2-6-18-42/h1-45H;1-39H. The van der Waals surface area contributed by atoms with Crippen molar-refractivity contribution in [1.82, 2.24) is 29.1 Å². The summed E-state index contributed by atoms with van der Waals surface area (Å²) >= 11 is 0. The predicted octanol–water partition coefficient (Wildman–Crippen LogP) is 35.9. The van der Waals surface area contributed by atoms with E-state index >= 15 is 0 Å². The molecular formula is C134H84N6. The van der Waals surface area contributed by atoms with E-state index in [1.165, 1.54) is 159 Å². The zero-order chi connectivity index (χ0) is 92.2. The lowest BCUT2D eigenvalue weighted by molar-refractivity contribution is 1.19. The Kier molecular flexibility index (Phi) is 19.5. The summed E-state index contributed by atoms with van der Waals surface area (Å²) in [6.07, 6.45) is 0. The SMILES string of the molecule is c1ccc(-c2cc(-c3ccccc3)cc(-c3ccc(-c4nc(-c5cccc6cc(-n7c8ccc9ccccc9c8c8c9ccccc9c(-c9ccc%10ccccc%10c9)cc87)ccc56)nc5ccccc45)cc3)c2)cc1.c1ccc(-c2cccc(-c3ccc(-c4nc(-c5cccc6cc(-n7c8ccc9ccccc9c8c8c9ccccc9c(-c9ccccc9)cc87)ccc56)nc5ccccc45)cc3)c2)cc1. The van der Waals surface area contributed by atoms with Crippen LogP contribution in [0, 0.1) is 0 Å². The van der Waals surface area contributed by atoms with Crippen molar-refractivity contribution in [3.63, 3.8) is 0 Å². The summed E-state index contributed by atoms with van der Waals surface area (Å²) in [7, 11) is 0. The van der Waals surface area contributed by atoms with E-state index in [0.29, 0.717) is 11.6 Å². The lowest BCUT2D eigenvalue weighted by Gasteiger charge is -2.15. The Balaban J connectivity index is 0.000000142. The molecule has 28 rings (SSSR count). The third-order valence-corrected chi connectivity index (χ3v) is 28.5. The number of fused-ring (bicyclic) bond motifs is 19. The van der Waals surface area contributed by atoms with Gasteiger partial charge in [0.1, 0.15) is 0 Å².